The number of primary amides is 1. The van der Waals surface area contributed by atoms with Crippen LogP contribution in [0.2, 0.25) is 5.02 Å². The van der Waals surface area contributed by atoms with Crippen LogP contribution in [0.4, 0.5) is 5.69 Å². The van der Waals surface area contributed by atoms with Crippen molar-refractivity contribution in [2.45, 2.75) is 6.54 Å². The number of hydrogen-bond acceptors (Lipinski definition) is 4. The molecule has 0 bridgehead atoms. The Balaban J connectivity index is 2.14. The van der Waals surface area contributed by atoms with Crippen molar-refractivity contribution < 1.29 is 4.79 Å². The Morgan fingerprint density at radius 2 is 2.35 bits per heavy atom. The summed E-state index contributed by atoms with van der Waals surface area (Å²) >= 11 is 7.54. The second kappa shape index (κ2) is 5.16. The van der Waals surface area contributed by atoms with Crippen molar-refractivity contribution in [3.05, 3.63) is 45.4 Å². The van der Waals surface area contributed by atoms with Crippen LogP contribution in [-0.2, 0) is 6.54 Å². The maximum absolute atomic E-state index is 11.0. The number of hydrogen-bond donors (Lipinski definition) is 2. The van der Waals surface area contributed by atoms with Gasteiger partial charge in [-0.25, -0.2) is 4.98 Å². The molecule has 88 valence electrons. The van der Waals surface area contributed by atoms with Crippen molar-refractivity contribution in [1.29, 1.82) is 0 Å². The molecule has 1 aromatic carbocycles. The van der Waals surface area contributed by atoms with Crippen LogP contribution in [0.5, 0.6) is 0 Å². The molecule has 0 radical (unpaired) electrons. The third kappa shape index (κ3) is 2.95. The smallest absolute Gasteiger partial charge is 0.248 e. The summed E-state index contributed by atoms with van der Waals surface area (Å²) in [6, 6.07) is 4.88. The van der Waals surface area contributed by atoms with E-state index < -0.39 is 5.91 Å². The SMILES string of the molecule is NC(=O)c1ccc(Cl)c(NCc2cscn2)c1. The lowest BCUT2D eigenvalue weighted by Crippen LogP contribution is -2.11. The number of aromatic nitrogens is 1. The minimum atomic E-state index is -0.474. The van der Waals surface area contributed by atoms with Gasteiger partial charge in [0, 0.05) is 10.9 Å². The molecular formula is C11H10ClN3OS. The number of carbonyl (C=O) groups is 1. The van der Waals surface area contributed by atoms with E-state index in [0.717, 1.165) is 5.69 Å². The largest absolute Gasteiger partial charge is 0.378 e. The zero-order valence-electron chi connectivity index (χ0n) is 8.81. The number of thiazole rings is 1. The van der Waals surface area contributed by atoms with Gasteiger partial charge in [-0.1, -0.05) is 11.6 Å². The van der Waals surface area contributed by atoms with Gasteiger partial charge in [0.15, 0.2) is 0 Å². The monoisotopic (exact) mass is 267 g/mol. The Morgan fingerprint density at radius 1 is 1.53 bits per heavy atom. The van der Waals surface area contributed by atoms with Crippen LogP contribution in [0, 0.1) is 0 Å². The summed E-state index contributed by atoms with van der Waals surface area (Å²) in [6.45, 7) is 0.561. The molecule has 0 spiro atoms. The molecule has 0 unspecified atom stereocenters. The third-order valence-corrected chi connectivity index (χ3v) is 3.16. The van der Waals surface area contributed by atoms with Crippen LogP contribution in [0.15, 0.2) is 29.1 Å². The highest BCUT2D eigenvalue weighted by Crippen LogP contribution is 2.23. The average Bonchev–Trinajstić information content (AvgIpc) is 2.80. The second-order valence-corrected chi connectivity index (χ2v) is 4.52. The van der Waals surface area contributed by atoms with Crippen LogP contribution < -0.4 is 11.1 Å². The standard InChI is InChI=1S/C11H10ClN3OS/c12-9-2-1-7(11(13)16)3-10(9)14-4-8-5-17-6-15-8/h1-3,5-6,14H,4H2,(H2,13,16). The Hall–Kier alpha value is -1.59. The maximum Gasteiger partial charge on any atom is 0.248 e. The van der Waals surface area contributed by atoms with Crippen molar-refractivity contribution in [2.75, 3.05) is 5.32 Å². The highest BCUT2D eigenvalue weighted by atomic mass is 35.5. The first-order valence-corrected chi connectivity index (χ1v) is 6.19. The molecular weight excluding hydrogens is 258 g/mol. The summed E-state index contributed by atoms with van der Waals surface area (Å²) in [6.07, 6.45) is 0. The molecule has 0 aliphatic rings. The lowest BCUT2D eigenvalue weighted by molar-refractivity contribution is 0.100. The van der Waals surface area contributed by atoms with Crippen molar-refractivity contribution >= 4 is 34.5 Å². The Labute approximate surface area is 107 Å². The van der Waals surface area contributed by atoms with Crippen LogP contribution in [0.3, 0.4) is 0 Å². The predicted octanol–water partition coefficient (Wildman–Crippen LogP) is 2.51. The van der Waals surface area contributed by atoms with Gasteiger partial charge >= 0.3 is 0 Å². The number of halogens is 1. The molecule has 1 heterocycles. The van der Waals surface area contributed by atoms with Gasteiger partial charge in [0.25, 0.3) is 0 Å². The van der Waals surface area contributed by atoms with Crippen LogP contribution in [0.25, 0.3) is 0 Å². The lowest BCUT2D eigenvalue weighted by Gasteiger charge is -2.08. The highest BCUT2D eigenvalue weighted by molar-refractivity contribution is 7.07. The van der Waals surface area contributed by atoms with Crippen molar-refractivity contribution in [3.63, 3.8) is 0 Å². The van der Waals surface area contributed by atoms with E-state index in [4.69, 9.17) is 17.3 Å². The number of benzene rings is 1. The minimum absolute atomic E-state index is 0.426. The fourth-order valence-electron chi connectivity index (χ4n) is 1.32. The fourth-order valence-corrected chi connectivity index (χ4v) is 2.07. The van der Waals surface area contributed by atoms with Gasteiger partial charge < -0.3 is 11.1 Å². The summed E-state index contributed by atoms with van der Waals surface area (Å²) in [4.78, 5) is 15.2. The molecule has 0 fully saturated rings. The summed E-state index contributed by atoms with van der Waals surface area (Å²) in [7, 11) is 0. The normalized spacial score (nSPS) is 10.2. The molecule has 0 saturated heterocycles. The van der Waals surface area contributed by atoms with E-state index in [2.05, 4.69) is 10.3 Å². The summed E-state index contributed by atoms with van der Waals surface area (Å²) in [5.74, 6) is -0.474. The zero-order chi connectivity index (χ0) is 12.3. The van der Waals surface area contributed by atoms with Crippen molar-refractivity contribution in [1.82, 2.24) is 4.98 Å². The lowest BCUT2D eigenvalue weighted by atomic mass is 10.2. The number of nitrogens with zero attached hydrogens (tertiary/aromatic N) is 1. The van der Waals surface area contributed by atoms with E-state index in [1.165, 1.54) is 11.3 Å². The number of amides is 1. The fraction of sp³-hybridized carbons (Fsp3) is 0.0909. The van der Waals surface area contributed by atoms with Gasteiger partial charge in [-0.3, -0.25) is 4.79 Å². The second-order valence-electron chi connectivity index (χ2n) is 3.39. The Bertz CT molecular complexity index is 528. The number of carbonyl (C=O) groups excluding carboxylic acids is 1. The van der Waals surface area contributed by atoms with Gasteiger partial charge in [0.2, 0.25) is 5.91 Å². The molecule has 0 atom stereocenters. The molecule has 1 amide bonds. The molecule has 17 heavy (non-hydrogen) atoms. The molecule has 0 aliphatic heterocycles. The first-order valence-electron chi connectivity index (χ1n) is 4.87. The number of rotatable bonds is 4. The zero-order valence-corrected chi connectivity index (χ0v) is 10.4. The molecule has 3 N–H and O–H groups in total. The van der Waals surface area contributed by atoms with Crippen molar-refractivity contribution in [2.24, 2.45) is 5.73 Å². The minimum Gasteiger partial charge on any atom is -0.378 e. The first-order chi connectivity index (χ1) is 8.16. The first kappa shape index (κ1) is 11.9. The van der Waals surface area contributed by atoms with Crippen LogP contribution in [-0.4, -0.2) is 10.9 Å². The molecule has 6 heteroatoms. The number of nitrogens with two attached hydrogens (primary N) is 1. The van der Waals surface area contributed by atoms with Crippen LogP contribution >= 0.6 is 22.9 Å². The molecule has 2 rings (SSSR count). The van der Waals surface area contributed by atoms with Gasteiger partial charge in [-0.2, -0.15) is 0 Å². The summed E-state index contributed by atoms with van der Waals surface area (Å²) in [5.41, 5.74) is 8.99. The van der Waals surface area contributed by atoms with E-state index in [1.54, 1.807) is 23.7 Å². The van der Waals surface area contributed by atoms with Gasteiger partial charge in [0.05, 0.1) is 28.5 Å². The number of anilines is 1. The average molecular weight is 268 g/mol. The molecule has 0 aliphatic carbocycles. The van der Waals surface area contributed by atoms with E-state index in [9.17, 15) is 4.79 Å². The topological polar surface area (TPSA) is 68.0 Å². The van der Waals surface area contributed by atoms with Gasteiger partial charge in [-0.15, -0.1) is 11.3 Å². The van der Waals surface area contributed by atoms with E-state index in [1.807, 2.05) is 5.38 Å². The van der Waals surface area contributed by atoms with Gasteiger partial charge in [-0.05, 0) is 18.2 Å². The molecule has 4 nitrogen and oxygen atoms in total. The quantitative estimate of drug-likeness (QED) is 0.894. The Kier molecular flexibility index (Phi) is 3.61. The summed E-state index contributed by atoms with van der Waals surface area (Å²) in [5, 5.41) is 5.60. The van der Waals surface area contributed by atoms with E-state index in [-0.39, 0.29) is 0 Å². The summed E-state index contributed by atoms with van der Waals surface area (Å²) < 4.78 is 0. The maximum atomic E-state index is 11.0. The van der Waals surface area contributed by atoms with Crippen molar-refractivity contribution in [3.8, 4) is 0 Å². The van der Waals surface area contributed by atoms with Crippen LogP contribution in [0.1, 0.15) is 16.1 Å². The third-order valence-electron chi connectivity index (χ3n) is 2.19. The predicted molar refractivity (Wildman–Crippen MR) is 69.4 cm³/mol. The Morgan fingerprint density at radius 3 is 3.00 bits per heavy atom. The van der Waals surface area contributed by atoms with E-state index in [0.29, 0.717) is 22.8 Å². The molecule has 2 aromatic rings. The highest BCUT2D eigenvalue weighted by Gasteiger charge is 2.06. The molecule has 1 aromatic heterocycles. The van der Waals surface area contributed by atoms with E-state index >= 15 is 0 Å². The van der Waals surface area contributed by atoms with Gasteiger partial charge in [0.1, 0.15) is 0 Å². The number of nitrogens with one attached hydrogen (secondary N) is 1. The molecule has 0 saturated carbocycles.